The molecule has 0 spiro atoms. The van der Waals surface area contributed by atoms with Gasteiger partial charge in [-0.05, 0) is 23.6 Å². The maximum Gasteiger partial charge on any atom is 0.223 e. The van der Waals surface area contributed by atoms with Crippen molar-refractivity contribution in [1.82, 2.24) is 4.90 Å². The minimum atomic E-state index is 0.100. The number of carbonyl (C=O) groups is 2. The molecule has 0 aromatic heterocycles. The second-order valence-electron chi connectivity index (χ2n) is 5.37. The second-order valence-corrected chi connectivity index (χ2v) is 6.56. The van der Waals surface area contributed by atoms with Crippen molar-refractivity contribution in [3.63, 3.8) is 0 Å². The van der Waals surface area contributed by atoms with Crippen LogP contribution in [0, 0.1) is 5.92 Å². The Kier molecular flexibility index (Phi) is 5.71. The van der Waals surface area contributed by atoms with Crippen LogP contribution in [0.1, 0.15) is 18.9 Å². The predicted octanol–water partition coefficient (Wildman–Crippen LogP) is 2.33. The fraction of sp³-hybridized carbons (Fsp3) is 0.500. The molecule has 1 heterocycles. The van der Waals surface area contributed by atoms with Gasteiger partial charge >= 0.3 is 0 Å². The van der Waals surface area contributed by atoms with E-state index in [9.17, 15) is 9.59 Å². The molecule has 1 aliphatic heterocycles. The highest BCUT2D eigenvalue weighted by Crippen LogP contribution is 2.27. The number of carbonyl (C=O) groups excluding carboxylic acids is 2. The summed E-state index contributed by atoms with van der Waals surface area (Å²) < 4.78 is 10.5. The number of benzene rings is 1. The van der Waals surface area contributed by atoms with Gasteiger partial charge in [-0.2, -0.15) is 0 Å². The highest BCUT2D eigenvalue weighted by Gasteiger charge is 2.29. The molecular formula is C16H21NO4S. The minimum Gasteiger partial charge on any atom is -0.497 e. The number of nitrogens with zero attached hydrogens (tertiary/aromatic N) is 1. The van der Waals surface area contributed by atoms with Crippen molar-refractivity contribution in [2.24, 2.45) is 5.92 Å². The van der Waals surface area contributed by atoms with Crippen LogP contribution in [0.3, 0.4) is 0 Å². The first-order valence-corrected chi connectivity index (χ1v) is 8.13. The molecule has 0 aliphatic carbocycles. The molecule has 1 atom stereocenters. The predicted molar refractivity (Wildman–Crippen MR) is 86.2 cm³/mol. The average molecular weight is 323 g/mol. The molecule has 1 aliphatic rings. The van der Waals surface area contributed by atoms with E-state index in [0.29, 0.717) is 36.8 Å². The van der Waals surface area contributed by atoms with Gasteiger partial charge in [0.05, 0.1) is 14.2 Å². The van der Waals surface area contributed by atoms with Gasteiger partial charge in [0.15, 0.2) is 5.12 Å². The highest BCUT2D eigenvalue weighted by molar-refractivity contribution is 8.13. The van der Waals surface area contributed by atoms with Gasteiger partial charge in [0.1, 0.15) is 11.5 Å². The first-order chi connectivity index (χ1) is 10.5. The Labute approximate surface area is 135 Å². The molecule has 1 fully saturated rings. The number of amides is 1. The van der Waals surface area contributed by atoms with Gasteiger partial charge in [0.2, 0.25) is 5.91 Å². The third-order valence-corrected chi connectivity index (χ3v) is 4.65. The summed E-state index contributed by atoms with van der Waals surface area (Å²) in [7, 11) is 3.21. The molecule has 0 saturated carbocycles. The summed E-state index contributed by atoms with van der Waals surface area (Å²) in [5.41, 5.74) is 0.976. The van der Waals surface area contributed by atoms with Crippen LogP contribution >= 0.6 is 11.8 Å². The van der Waals surface area contributed by atoms with Crippen LogP contribution in [0.15, 0.2) is 18.2 Å². The number of likely N-dealkylation sites (tertiary alicyclic amines) is 1. The van der Waals surface area contributed by atoms with Gasteiger partial charge in [-0.1, -0.05) is 11.8 Å². The number of hydrogen-bond acceptors (Lipinski definition) is 5. The molecule has 5 nitrogen and oxygen atoms in total. The third kappa shape index (κ3) is 4.40. The van der Waals surface area contributed by atoms with Crippen molar-refractivity contribution in [3.05, 3.63) is 23.8 Å². The quantitative estimate of drug-likeness (QED) is 0.804. The Hall–Kier alpha value is -1.69. The molecular weight excluding hydrogens is 302 g/mol. The Morgan fingerprint density at radius 2 is 1.91 bits per heavy atom. The van der Waals surface area contributed by atoms with E-state index < -0.39 is 0 Å². The fourth-order valence-corrected chi connectivity index (χ4v) is 3.23. The van der Waals surface area contributed by atoms with Crippen molar-refractivity contribution in [2.75, 3.05) is 26.5 Å². The van der Waals surface area contributed by atoms with E-state index in [1.54, 1.807) is 21.1 Å². The van der Waals surface area contributed by atoms with E-state index in [-0.39, 0.29) is 16.9 Å². The third-order valence-electron chi connectivity index (χ3n) is 3.60. The van der Waals surface area contributed by atoms with Gasteiger partial charge in [-0.15, -0.1) is 0 Å². The minimum absolute atomic E-state index is 0.100. The Bertz CT molecular complexity index is 539. The molecule has 2 rings (SSSR count). The molecule has 6 heteroatoms. The SMILES string of the molecule is COc1cc(CN2CC(CSC(C)=O)CC2=O)cc(OC)c1. The summed E-state index contributed by atoms with van der Waals surface area (Å²) in [5.74, 6) is 2.51. The van der Waals surface area contributed by atoms with Gasteiger partial charge in [0.25, 0.3) is 0 Å². The normalized spacial score (nSPS) is 17.7. The van der Waals surface area contributed by atoms with Gasteiger partial charge in [-0.25, -0.2) is 0 Å². The van der Waals surface area contributed by atoms with Crippen LogP contribution in [0.2, 0.25) is 0 Å². The van der Waals surface area contributed by atoms with Gasteiger partial charge in [0, 0.05) is 38.3 Å². The van der Waals surface area contributed by atoms with Gasteiger partial charge < -0.3 is 14.4 Å². The number of hydrogen-bond donors (Lipinski definition) is 0. The number of rotatable bonds is 6. The topological polar surface area (TPSA) is 55.8 Å². The van der Waals surface area contributed by atoms with E-state index >= 15 is 0 Å². The van der Waals surface area contributed by atoms with Crippen LogP contribution in [-0.4, -0.2) is 42.4 Å². The molecule has 1 saturated heterocycles. The molecule has 0 N–H and O–H groups in total. The first kappa shape index (κ1) is 16.7. The van der Waals surface area contributed by atoms with Crippen LogP contribution < -0.4 is 9.47 Å². The summed E-state index contributed by atoms with van der Waals surface area (Å²) in [4.78, 5) is 25.0. The van der Waals surface area contributed by atoms with Gasteiger partial charge in [-0.3, -0.25) is 9.59 Å². The maximum atomic E-state index is 12.1. The summed E-state index contributed by atoms with van der Waals surface area (Å²) in [6.45, 7) is 2.79. The van der Waals surface area contributed by atoms with Crippen LogP contribution in [0.25, 0.3) is 0 Å². The molecule has 1 unspecified atom stereocenters. The summed E-state index contributed by atoms with van der Waals surface area (Å²) in [6.07, 6.45) is 0.515. The molecule has 0 bridgehead atoms. The molecule has 1 amide bonds. The second kappa shape index (κ2) is 7.54. The van der Waals surface area contributed by atoms with Crippen molar-refractivity contribution < 1.29 is 19.1 Å². The van der Waals surface area contributed by atoms with Crippen molar-refractivity contribution in [3.8, 4) is 11.5 Å². The smallest absolute Gasteiger partial charge is 0.223 e. The summed E-state index contributed by atoms with van der Waals surface area (Å²) in [5, 5.41) is 0.100. The highest BCUT2D eigenvalue weighted by atomic mass is 32.2. The largest absolute Gasteiger partial charge is 0.497 e. The molecule has 0 radical (unpaired) electrons. The average Bonchev–Trinajstić information content (AvgIpc) is 2.85. The number of thioether (sulfide) groups is 1. The first-order valence-electron chi connectivity index (χ1n) is 7.15. The van der Waals surface area contributed by atoms with E-state index in [0.717, 1.165) is 5.56 Å². The zero-order valence-corrected chi connectivity index (χ0v) is 13.9. The molecule has 120 valence electrons. The number of methoxy groups -OCH3 is 2. The number of ether oxygens (including phenoxy) is 2. The Morgan fingerprint density at radius 3 is 2.45 bits per heavy atom. The van der Waals surface area contributed by atoms with E-state index in [1.807, 2.05) is 23.1 Å². The van der Waals surface area contributed by atoms with E-state index in [1.165, 1.54) is 11.8 Å². The van der Waals surface area contributed by atoms with E-state index in [4.69, 9.17) is 9.47 Å². The maximum absolute atomic E-state index is 12.1. The molecule has 1 aromatic carbocycles. The van der Waals surface area contributed by atoms with Crippen LogP contribution in [0.5, 0.6) is 11.5 Å². The Morgan fingerprint density at radius 1 is 1.27 bits per heavy atom. The van der Waals surface area contributed by atoms with Crippen molar-refractivity contribution >= 4 is 22.8 Å². The van der Waals surface area contributed by atoms with Crippen LogP contribution in [0.4, 0.5) is 0 Å². The zero-order chi connectivity index (χ0) is 16.1. The fourth-order valence-electron chi connectivity index (χ4n) is 2.53. The summed E-state index contributed by atoms with van der Waals surface area (Å²) in [6, 6.07) is 5.63. The van der Waals surface area contributed by atoms with E-state index in [2.05, 4.69) is 0 Å². The lowest BCUT2D eigenvalue weighted by atomic mass is 10.1. The van der Waals surface area contributed by atoms with Crippen molar-refractivity contribution in [1.29, 1.82) is 0 Å². The lowest BCUT2D eigenvalue weighted by Crippen LogP contribution is -2.24. The monoisotopic (exact) mass is 323 g/mol. The zero-order valence-electron chi connectivity index (χ0n) is 13.1. The lowest BCUT2D eigenvalue weighted by molar-refractivity contribution is -0.128. The standard InChI is InChI=1S/C16H21NO4S/c1-11(18)22-10-13-6-16(19)17(9-13)8-12-4-14(20-2)7-15(5-12)21-3/h4-5,7,13H,6,8-10H2,1-3H3. The van der Waals surface area contributed by atoms with Crippen molar-refractivity contribution in [2.45, 2.75) is 19.9 Å². The molecule has 22 heavy (non-hydrogen) atoms. The molecule has 1 aromatic rings. The lowest BCUT2D eigenvalue weighted by Gasteiger charge is -2.17. The Balaban J connectivity index is 2.01. The summed E-state index contributed by atoms with van der Waals surface area (Å²) >= 11 is 1.29. The van der Waals surface area contributed by atoms with Crippen LogP contribution in [-0.2, 0) is 16.1 Å².